The molecule has 1 amide bonds. The maximum absolute atomic E-state index is 13.6. The molecule has 1 unspecified atom stereocenters. The fourth-order valence-electron chi connectivity index (χ4n) is 5.07. The molecule has 2 heterocycles. The Balaban J connectivity index is 1.62. The van der Waals surface area contributed by atoms with Crippen molar-refractivity contribution in [2.45, 2.75) is 58.0 Å². The van der Waals surface area contributed by atoms with Gasteiger partial charge < -0.3 is 9.64 Å². The maximum Gasteiger partial charge on any atom is 0.273 e. The van der Waals surface area contributed by atoms with Crippen LogP contribution in [0.4, 0.5) is 0 Å². The lowest BCUT2D eigenvalue weighted by Gasteiger charge is -2.36. The predicted octanol–water partition coefficient (Wildman–Crippen LogP) is 5.66. The number of nitrogens with one attached hydrogen (secondary N) is 1. The highest BCUT2D eigenvalue weighted by Crippen LogP contribution is 2.45. The normalized spacial score (nSPS) is 19.0. The third kappa shape index (κ3) is 3.52. The molecule has 31 heavy (non-hydrogen) atoms. The zero-order chi connectivity index (χ0) is 21.4. The van der Waals surface area contributed by atoms with Crippen LogP contribution in [-0.2, 0) is 0 Å². The van der Waals surface area contributed by atoms with E-state index in [1.165, 1.54) is 24.8 Å². The molecule has 0 bridgehead atoms. The van der Waals surface area contributed by atoms with E-state index < -0.39 is 0 Å². The first kappa shape index (κ1) is 19.9. The molecule has 0 radical (unpaired) electrons. The molecule has 1 aliphatic heterocycles. The van der Waals surface area contributed by atoms with Crippen LogP contribution >= 0.6 is 0 Å². The van der Waals surface area contributed by atoms with Gasteiger partial charge in [-0.2, -0.15) is 5.10 Å². The summed E-state index contributed by atoms with van der Waals surface area (Å²) in [7, 11) is 0. The fourth-order valence-corrected chi connectivity index (χ4v) is 5.07. The van der Waals surface area contributed by atoms with Crippen molar-refractivity contribution in [1.82, 2.24) is 15.1 Å². The molecule has 1 aromatic heterocycles. The number of nitrogens with zero attached hydrogens (tertiary/aromatic N) is 2. The molecule has 1 saturated carbocycles. The topological polar surface area (TPSA) is 58.2 Å². The number of aromatic amines is 1. The Hall–Kier alpha value is -3.08. The number of hydrogen-bond donors (Lipinski definition) is 1. The molecule has 2 aliphatic rings. The summed E-state index contributed by atoms with van der Waals surface area (Å²) in [6.07, 6.45) is 5.75. The van der Waals surface area contributed by atoms with Gasteiger partial charge in [0.25, 0.3) is 5.91 Å². The second-order valence-corrected chi connectivity index (χ2v) is 8.64. The minimum atomic E-state index is -0.128. The first-order chi connectivity index (χ1) is 15.2. The number of rotatable bonds is 5. The Labute approximate surface area is 183 Å². The highest BCUT2D eigenvalue weighted by molar-refractivity contribution is 6.00. The number of fused-ring (bicyclic) bond motifs is 1. The summed E-state index contributed by atoms with van der Waals surface area (Å²) in [6, 6.07) is 16.7. The van der Waals surface area contributed by atoms with Gasteiger partial charge in [-0.25, -0.2) is 0 Å². The van der Waals surface area contributed by atoms with Crippen molar-refractivity contribution in [1.29, 1.82) is 0 Å². The Morgan fingerprint density at radius 1 is 1.03 bits per heavy atom. The number of carbonyl (C=O) groups excluding carboxylic acids is 1. The molecule has 3 aromatic rings. The van der Waals surface area contributed by atoms with Crippen molar-refractivity contribution in [2.75, 3.05) is 6.61 Å². The fraction of sp³-hybridized carbons (Fsp3) is 0.385. The molecule has 5 rings (SSSR count). The lowest BCUT2D eigenvalue weighted by molar-refractivity contribution is 0.0606. The van der Waals surface area contributed by atoms with E-state index in [-0.39, 0.29) is 18.0 Å². The molecule has 2 aromatic carbocycles. The molecule has 1 fully saturated rings. The second-order valence-electron chi connectivity index (χ2n) is 8.64. The number of carbonyl (C=O) groups is 1. The molecular weight excluding hydrogens is 386 g/mol. The molecule has 1 atom stereocenters. The van der Waals surface area contributed by atoms with Crippen LogP contribution in [0, 0.1) is 6.92 Å². The van der Waals surface area contributed by atoms with Crippen molar-refractivity contribution < 1.29 is 9.53 Å². The van der Waals surface area contributed by atoms with Crippen molar-refractivity contribution in [3.8, 4) is 17.0 Å². The first-order valence-corrected chi connectivity index (χ1v) is 11.4. The van der Waals surface area contributed by atoms with Gasteiger partial charge in [-0.05, 0) is 44.4 Å². The molecule has 1 N–H and O–H groups in total. The molecule has 160 valence electrons. The quantitative estimate of drug-likeness (QED) is 0.585. The standard InChI is InChI=1S/C26H29N3O2/c1-3-31-21-15-13-19(14-16-21)25-22-23(18-11-9-17(2)10-12-18)27-28-24(22)26(30)29(25)20-7-5-4-6-8-20/h9-16,20,25H,3-8H2,1-2H3,(H,27,28). The van der Waals surface area contributed by atoms with Gasteiger partial charge in [-0.3, -0.25) is 9.89 Å². The van der Waals surface area contributed by atoms with Gasteiger partial charge in [0.05, 0.1) is 18.3 Å². The first-order valence-electron chi connectivity index (χ1n) is 11.4. The average Bonchev–Trinajstić information content (AvgIpc) is 3.35. The van der Waals surface area contributed by atoms with Crippen LogP contribution in [0.15, 0.2) is 48.5 Å². The summed E-state index contributed by atoms with van der Waals surface area (Å²) in [5.74, 6) is 0.928. The third-order valence-corrected chi connectivity index (χ3v) is 6.60. The van der Waals surface area contributed by atoms with E-state index in [4.69, 9.17) is 4.74 Å². The Morgan fingerprint density at radius 2 is 1.74 bits per heavy atom. The monoisotopic (exact) mass is 415 g/mol. The van der Waals surface area contributed by atoms with Gasteiger partial charge in [0.1, 0.15) is 11.4 Å². The number of aromatic nitrogens is 2. The Bertz CT molecular complexity index is 1060. The maximum atomic E-state index is 13.6. The van der Waals surface area contributed by atoms with Gasteiger partial charge in [-0.15, -0.1) is 0 Å². The van der Waals surface area contributed by atoms with Crippen molar-refractivity contribution in [2.24, 2.45) is 0 Å². The van der Waals surface area contributed by atoms with Crippen molar-refractivity contribution >= 4 is 5.91 Å². The number of amides is 1. The summed E-state index contributed by atoms with van der Waals surface area (Å²) in [5, 5.41) is 7.68. The number of H-pyrrole nitrogens is 1. The van der Waals surface area contributed by atoms with Crippen LogP contribution in [-0.4, -0.2) is 33.7 Å². The Kier molecular flexibility index (Phi) is 5.26. The molecular formula is C26H29N3O2. The zero-order valence-electron chi connectivity index (χ0n) is 18.2. The highest BCUT2D eigenvalue weighted by atomic mass is 16.5. The van der Waals surface area contributed by atoms with Gasteiger partial charge >= 0.3 is 0 Å². The minimum absolute atomic E-state index is 0.0756. The van der Waals surface area contributed by atoms with Gasteiger partial charge in [-0.1, -0.05) is 61.2 Å². The molecule has 0 spiro atoms. The van der Waals surface area contributed by atoms with Crippen molar-refractivity contribution in [3.05, 3.63) is 70.9 Å². The van der Waals surface area contributed by atoms with Crippen LogP contribution in [0.5, 0.6) is 5.75 Å². The minimum Gasteiger partial charge on any atom is -0.494 e. The van der Waals surface area contributed by atoms with E-state index in [0.29, 0.717) is 12.3 Å². The number of hydrogen-bond acceptors (Lipinski definition) is 3. The molecule has 1 aliphatic carbocycles. The lowest BCUT2D eigenvalue weighted by atomic mass is 9.91. The summed E-state index contributed by atoms with van der Waals surface area (Å²) in [6.45, 7) is 4.70. The van der Waals surface area contributed by atoms with Gasteiger partial charge in [0.15, 0.2) is 0 Å². The van der Waals surface area contributed by atoms with Crippen molar-refractivity contribution in [3.63, 3.8) is 0 Å². The summed E-state index contributed by atoms with van der Waals surface area (Å²) < 4.78 is 5.65. The number of benzene rings is 2. The zero-order valence-corrected chi connectivity index (χ0v) is 18.2. The average molecular weight is 416 g/mol. The van der Waals surface area contributed by atoms with E-state index in [2.05, 4.69) is 58.4 Å². The summed E-state index contributed by atoms with van der Waals surface area (Å²) in [4.78, 5) is 15.7. The van der Waals surface area contributed by atoms with Crippen LogP contribution in [0.3, 0.4) is 0 Å². The number of ether oxygens (including phenoxy) is 1. The second kappa shape index (κ2) is 8.22. The van der Waals surface area contributed by atoms with Gasteiger partial charge in [0, 0.05) is 17.2 Å². The molecule has 0 saturated heterocycles. The van der Waals surface area contributed by atoms with Crippen LogP contribution in [0.25, 0.3) is 11.3 Å². The highest BCUT2D eigenvalue weighted by Gasteiger charge is 2.45. The summed E-state index contributed by atoms with van der Waals surface area (Å²) >= 11 is 0. The largest absolute Gasteiger partial charge is 0.494 e. The molecule has 5 nitrogen and oxygen atoms in total. The van der Waals surface area contributed by atoms with Crippen LogP contribution < -0.4 is 4.74 Å². The predicted molar refractivity (Wildman–Crippen MR) is 121 cm³/mol. The van der Waals surface area contributed by atoms with E-state index in [1.54, 1.807) is 0 Å². The van der Waals surface area contributed by atoms with E-state index in [1.807, 2.05) is 19.1 Å². The summed E-state index contributed by atoms with van der Waals surface area (Å²) in [5.41, 5.74) is 5.87. The van der Waals surface area contributed by atoms with E-state index in [0.717, 1.165) is 41.0 Å². The SMILES string of the molecule is CCOc1ccc(C2c3c(-c4ccc(C)cc4)n[nH]c3C(=O)N2C2CCCCC2)cc1. The van der Waals surface area contributed by atoms with E-state index in [9.17, 15) is 4.79 Å². The van der Waals surface area contributed by atoms with E-state index >= 15 is 0 Å². The van der Waals surface area contributed by atoms with Crippen LogP contribution in [0.1, 0.15) is 72.2 Å². The Morgan fingerprint density at radius 3 is 2.42 bits per heavy atom. The smallest absolute Gasteiger partial charge is 0.273 e. The van der Waals surface area contributed by atoms with Gasteiger partial charge in [0.2, 0.25) is 0 Å². The van der Waals surface area contributed by atoms with Crippen LogP contribution in [0.2, 0.25) is 0 Å². The number of aryl methyl sites for hydroxylation is 1. The molecule has 5 heteroatoms. The lowest BCUT2D eigenvalue weighted by Crippen LogP contribution is -2.40. The third-order valence-electron chi connectivity index (χ3n) is 6.60.